The molecule has 1 aromatic carbocycles. The minimum absolute atomic E-state index is 0.0793. The van der Waals surface area contributed by atoms with Gasteiger partial charge >= 0.3 is 0 Å². The van der Waals surface area contributed by atoms with Crippen LogP contribution in [0, 0.1) is 0 Å². The first-order valence-electron chi connectivity index (χ1n) is 8.94. The monoisotopic (exact) mass is 384 g/mol. The van der Waals surface area contributed by atoms with E-state index in [1.807, 2.05) is 6.07 Å². The van der Waals surface area contributed by atoms with Gasteiger partial charge in [-0.15, -0.1) is 0 Å². The maximum absolute atomic E-state index is 12.3. The molecule has 0 radical (unpaired) electrons. The molecule has 0 heterocycles. The van der Waals surface area contributed by atoms with Gasteiger partial charge in [0.15, 0.2) is 0 Å². The molecule has 1 saturated carbocycles. The number of nitrogens with zero attached hydrogens (tertiary/aromatic N) is 1. The molecule has 1 fully saturated rings. The Morgan fingerprint density at radius 2 is 1.84 bits per heavy atom. The molecule has 1 aromatic rings. The molecule has 0 atom stereocenters. The van der Waals surface area contributed by atoms with Gasteiger partial charge in [-0.1, -0.05) is 55.0 Å². The molecule has 1 N–H and O–H groups in total. The van der Waals surface area contributed by atoms with Crippen LogP contribution in [-0.2, 0) is 16.0 Å². The fraction of sp³-hybridized carbons (Fsp3) is 0.579. The van der Waals surface area contributed by atoms with Crippen LogP contribution in [0.1, 0.15) is 51.0 Å². The van der Waals surface area contributed by atoms with E-state index in [0.29, 0.717) is 23.0 Å². The van der Waals surface area contributed by atoms with E-state index in [0.717, 1.165) is 31.2 Å². The first-order valence-corrected chi connectivity index (χ1v) is 9.70. The summed E-state index contributed by atoms with van der Waals surface area (Å²) >= 11 is 12.1. The number of amides is 2. The van der Waals surface area contributed by atoms with E-state index in [4.69, 9.17) is 23.2 Å². The third-order valence-electron chi connectivity index (χ3n) is 4.67. The fourth-order valence-corrected chi connectivity index (χ4v) is 3.70. The van der Waals surface area contributed by atoms with Gasteiger partial charge in [0.1, 0.15) is 0 Å². The summed E-state index contributed by atoms with van der Waals surface area (Å²) in [5, 5.41) is 4.25. The lowest BCUT2D eigenvalue weighted by Crippen LogP contribution is -2.44. The highest BCUT2D eigenvalue weighted by atomic mass is 35.5. The van der Waals surface area contributed by atoms with Crippen LogP contribution in [0.25, 0.3) is 0 Å². The first-order chi connectivity index (χ1) is 12.0. The van der Waals surface area contributed by atoms with Gasteiger partial charge in [0.2, 0.25) is 11.8 Å². The summed E-state index contributed by atoms with van der Waals surface area (Å²) in [4.78, 5) is 25.8. The second kappa shape index (κ2) is 10.0. The average Bonchev–Trinajstić information content (AvgIpc) is 2.81. The number of carbonyl (C=O) groups is 2. The van der Waals surface area contributed by atoms with Gasteiger partial charge in [0.05, 0.1) is 6.54 Å². The molecule has 25 heavy (non-hydrogen) atoms. The van der Waals surface area contributed by atoms with Crippen LogP contribution in [0.3, 0.4) is 0 Å². The number of hydrogen-bond acceptors (Lipinski definition) is 2. The Hall–Kier alpha value is -1.26. The molecular formula is C19H26Cl2N2O2. The maximum atomic E-state index is 12.3. The Bertz CT molecular complexity index is 599. The lowest BCUT2D eigenvalue weighted by molar-refractivity contribution is -0.134. The van der Waals surface area contributed by atoms with E-state index in [9.17, 15) is 9.59 Å². The Labute approximate surface area is 159 Å². The molecule has 0 spiro atoms. The van der Waals surface area contributed by atoms with Crippen molar-refractivity contribution in [3.63, 3.8) is 0 Å². The van der Waals surface area contributed by atoms with E-state index >= 15 is 0 Å². The van der Waals surface area contributed by atoms with Crippen molar-refractivity contribution in [1.82, 2.24) is 10.2 Å². The van der Waals surface area contributed by atoms with Crippen molar-refractivity contribution in [3.8, 4) is 0 Å². The van der Waals surface area contributed by atoms with Crippen molar-refractivity contribution < 1.29 is 9.59 Å². The molecule has 4 nitrogen and oxygen atoms in total. The van der Waals surface area contributed by atoms with Gasteiger partial charge in [-0.05, 0) is 37.0 Å². The molecular weight excluding hydrogens is 359 g/mol. The third-order valence-corrected chi connectivity index (χ3v) is 5.25. The number of nitrogens with one attached hydrogen (secondary N) is 1. The molecule has 0 unspecified atom stereocenters. The molecule has 0 saturated heterocycles. The predicted molar refractivity (Wildman–Crippen MR) is 102 cm³/mol. The van der Waals surface area contributed by atoms with Gasteiger partial charge < -0.3 is 10.2 Å². The maximum Gasteiger partial charge on any atom is 0.239 e. The molecule has 1 aliphatic rings. The van der Waals surface area contributed by atoms with Crippen LogP contribution < -0.4 is 5.32 Å². The van der Waals surface area contributed by atoms with Crippen molar-refractivity contribution >= 4 is 35.0 Å². The Morgan fingerprint density at radius 3 is 2.44 bits per heavy atom. The quantitative estimate of drug-likeness (QED) is 0.746. The summed E-state index contributed by atoms with van der Waals surface area (Å²) in [5.74, 6) is -0.189. The predicted octanol–water partition coefficient (Wildman–Crippen LogP) is 4.22. The van der Waals surface area contributed by atoms with Crippen molar-refractivity contribution in [2.24, 2.45) is 0 Å². The summed E-state index contributed by atoms with van der Waals surface area (Å²) in [7, 11) is 0. The molecule has 1 aliphatic carbocycles. The van der Waals surface area contributed by atoms with Gasteiger partial charge in [0, 0.05) is 29.6 Å². The molecule has 2 rings (SSSR count). The topological polar surface area (TPSA) is 49.4 Å². The number of rotatable bonds is 6. The lowest BCUT2D eigenvalue weighted by Gasteiger charge is -2.23. The lowest BCUT2D eigenvalue weighted by atomic mass is 10.1. The Kier molecular flexibility index (Phi) is 8.04. The van der Waals surface area contributed by atoms with E-state index in [2.05, 4.69) is 5.32 Å². The average molecular weight is 385 g/mol. The highest BCUT2D eigenvalue weighted by molar-refractivity contribution is 6.35. The minimum atomic E-state index is -0.110. The smallest absolute Gasteiger partial charge is 0.239 e. The number of carbonyl (C=O) groups excluding carboxylic acids is 2. The second-order valence-corrected chi connectivity index (χ2v) is 7.53. The molecule has 138 valence electrons. The van der Waals surface area contributed by atoms with Crippen LogP contribution in [0.2, 0.25) is 10.0 Å². The second-order valence-electron chi connectivity index (χ2n) is 6.68. The van der Waals surface area contributed by atoms with Gasteiger partial charge in [0.25, 0.3) is 0 Å². The zero-order valence-electron chi connectivity index (χ0n) is 14.7. The van der Waals surface area contributed by atoms with E-state index in [1.54, 1.807) is 17.0 Å². The van der Waals surface area contributed by atoms with Gasteiger partial charge in [-0.3, -0.25) is 9.59 Å². The number of benzene rings is 1. The zero-order valence-corrected chi connectivity index (χ0v) is 16.2. The molecule has 0 aliphatic heterocycles. The molecule has 0 aromatic heterocycles. The van der Waals surface area contributed by atoms with Crippen molar-refractivity contribution in [3.05, 3.63) is 33.8 Å². The highest BCUT2D eigenvalue weighted by Gasteiger charge is 2.18. The van der Waals surface area contributed by atoms with Crippen molar-refractivity contribution in [2.75, 3.05) is 13.1 Å². The van der Waals surface area contributed by atoms with Crippen molar-refractivity contribution in [1.29, 1.82) is 0 Å². The SMILES string of the molecule is CC(=O)N(CCc1ccc(Cl)cc1Cl)CC(=O)NC1CCCCCC1. The summed E-state index contributed by atoms with van der Waals surface area (Å²) in [5.41, 5.74) is 0.918. The number of halogens is 2. The van der Waals surface area contributed by atoms with Gasteiger partial charge in [-0.2, -0.15) is 0 Å². The summed E-state index contributed by atoms with van der Waals surface area (Å²) in [6.07, 6.45) is 7.47. The van der Waals surface area contributed by atoms with Crippen molar-refractivity contribution in [2.45, 2.75) is 57.9 Å². The third kappa shape index (κ3) is 6.87. The highest BCUT2D eigenvalue weighted by Crippen LogP contribution is 2.21. The Morgan fingerprint density at radius 1 is 1.16 bits per heavy atom. The first kappa shape index (κ1) is 20.1. The fourth-order valence-electron chi connectivity index (χ4n) is 3.20. The van der Waals surface area contributed by atoms with Crippen LogP contribution >= 0.6 is 23.2 Å². The zero-order chi connectivity index (χ0) is 18.2. The van der Waals surface area contributed by atoms with E-state index in [-0.39, 0.29) is 24.4 Å². The largest absolute Gasteiger partial charge is 0.352 e. The van der Waals surface area contributed by atoms with E-state index in [1.165, 1.54) is 19.8 Å². The molecule has 0 bridgehead atoms. The molecule has 6 heteroatoms. The van der Waals surface area contributed by atoms with Gasteiger partial charge in [-0.25, -0.2) is 0 Å². The Balaban J connectivity index is 1.86. The standard InChI is InChI=1S/C19H26Cl2N2O2/c1-14(24)23(11-10-15-8-9-16(20)12-18(15)21)13-19(25)22-17-6-4-2-3-5-7-17/h8-9,12,17H,2-7,10-11,13H2,1H3,(H,22,25). The molecule has 2 amide bonds. The van der Waals surface area contributed by atoms with Crippen LogP contribution in [-0.4, -0.2) is 35.8 Å². The number of hydrogen-bond donors (Lipinski definition) is 1. The van der Waals surface area contributed by atoms with Crippen LogP contribution in [0.4, 0.5) is 0 Å². The van der Waals surface area contributed by atoms with E-state index < -0.39 is 0 Å². The minimum Gasteiger partial charge on any atom is -0.352 e. The summed E-state index contributed by atoms with van der Waals surface area (Å²) in [6.45, 7) is 2.04. The normalized spacial score (nSPS) is 15.5. The van der Waals surface area contributed by atoms with Crippen LogP contribution in [0.15, 0.2) is 18.2 Å². The summed E-state index contributed by atoms with van der Waals surface area (Å²) in [6, 6.07) is 5.57. The van der Waals surface area contributed by atoms with Crippen LogP contribution in [0.5, 0.6) is 0 Å². The summed E-state index contributed by atoms with van der Waals surface area (Å²) < 4.78 is 0.